The van der Waals surface area contributed by atoms with Gasteiger partial charge >= 0.3 is 6.09 Å². The van der Waals surface area contributed by atoms with Gasteiger partial charge in [0.25, 0.3) is 5.91 Å². The molecule has 33 heavy (non-hydrogen) atoms. The molecule has 2 aromatic rings. The molecule has 0 radical (unpaired) electrons. The second-order valence-corrected chi connectivity index (χ2v) is 7.89. The van der Waals surface area contributed by atoms with Crippen LogP contribution in [0.3, 0.4) is 0 Å². The van der Waals surface area contributed by atoms with Crippen molar-refractivity contribution in [2.24, 2.45) is 0 Å². The largest absolute Gasteiger partial charge is 0.444 e. The predicted octanol–water partition coefficient (Wildman–Crippen LogP) is 1.88. The van der Waals surface area contributed by atoms with Gasteiger partial charge in [0.1, 0.15) is 24.0 Å². The van der Waals surface area contributed by atoms with Gasteiger partial charge in [-0.15, -0.1) is 0 Å². The van der Waals surface area contributed by atoms with E-state index in [0.29, 0.717) is 18.4 Å². The highest BCUT2D eigenvalue weighted by Crippen LogP contribution is 2.32. The standard InChI is InChI=1S/C22H23F2N3O6/c23-17-9-15(27-11-16(33-22(27)31)2-1-14-5-8-32-25-14)10-18(24)20(17)13-3-6-26(7-4-13)21(30)19(29)12-28/h3,5,8-10,16,19,28-29H,1-2,4,6-7,11-12H2/t16-,19-/m0/s1. The summed E-state index contributed by atoms with van der Waals surface area (Å²) in [6.07, 6.45) is 1.51. The third-order valence-corrected chi connectivity index (χ3v) is 5.73. The molecule has 1 aromatic heterocycles. The van der Waals surface area contributed by atoms with Gasteiger partial charge in [-0.05, 0) is 37.0 Å². The number of halogens is 2. The summed E-state index contributed by atoms with van der Waals surface area (Å²) in [6.45, 7) is -0.343. The van der Waals surface area contributed by atoms with Gasteiger partial charge in [0, 0.05) is 24.7 Å². The number of ether oxygens (including phenoxy) is 1. The van der Waals surface area contributed by atoms with Gasteiger partial charge in [0.05, 0.1) is 24.5 Å². The number of hydrogen-bond donors (Lipinski definition) is 2. The molecule has 0 unspecified atom stereocenters. The van der Waals surface area contributed by atoms with E-state index < -0.39 is 42.4 Å². The zero-order valence-electron chi connectivity index (χ0n) is 17.6. The normalized spacial score (nSPS) is 19.5. The highest BCUT2D eigenvalue weighted by molar-refractivity contribution is 5.90. The number of aliphatic hydroxyl groups is 2. The molecule has 1 aromatic carbocycles. The fourth-order valence-electron chi connectivity index (χ4n) is 3.97. The highest BCUT2D eigenvalue weighted by atomic mass is 19.1. The minimum absolute atomic E-state index is 0.0531. The number of carbonyl (C=O) groups is 2. The lowest BCUT2D eigenvalue weighted by molar-refractivity contribution is -0.141. The van der Waals surface area contributed by atoms with E-state index >= 15 is 0 Å². The average molecular weight is 463 g/mol. The van der Waals surface area contributed by atoms with Crippen molar-refractivity contribution in [3.63, 3.8) is 0 Å². The van der Waals surface area contributed by atoms with Crippen molar-refractivity contribution in [3.05, 3.63) is 53.4 Å². The van der Waals surface area contributed by atoms with Crippen LogP contribution in [0.4, 0.5) is 19.3 Å². The van der Waals surface area contributed by atoms with E-state index in [0.717, 1.165) is 17.8 Å². The first kappa shape index (κ1) is 22.9. The summed E-state index contributed by atoms with van der Waals surface area (Å²) in [5, 5.41) is 22.2. The molecule has 4 rings (SSSR count). The average Bonchev–Trinajstić information content (AvgIpc) is 3.46. The molecule has 0 bridgehead atoms. The van der Waals surface area contributed by atoms with Crippen LogP contribution in [0.2, 0.25) is 0 Å². The zero-order chi connectivity index (χ0) is 23.5. The molecule has 176 valence electrons. The Morgan fingerprint density at radius 2 is 2.06 bits per heavy atom. The molecule has 2 aliphatic heterocycles. The smallest absolute Gasteiger partial charge is 0.414 e. The van der Waals surface area contributed by atoms with Crippen molar-refractivity contribution >= 4 is 23.3 Å². The SMILES string of the molecule is O=C([C@@H](O)CO)N1CC=C(c2c(F)cc(N3C[C@H](CCc4ccon4)OC3=O)cc2F)CC1. The lowest BCUT2D eigenvalue weighted by Gasteiger charge is -2.28. The van der Waals surface area contributed by atoms with E-state index in [4.69, 9.17) is 14.4 Å². The van der Waals surface area contributed by atoms with Gasteiger partial charge in [-0.1, -0.05) is 11.2 Å². The maximum Gasteiger partial charge on any atom is 0.414 e. The molecule has 0 saturated carbocycles. The minimum atomic E-state index is -1.52. The number of nitrogens with zero attached hydrogens (tertiary/aromatic N) is 3. The lowest BCUT2D eigenvalue weighted by atomic mass is 9.97. The molecule has 0 aliphatic carbocycles. The molecule has 9 nitrogen and oxygen atoms in total. The number of aliphatic hydroxyl groups excluding tert-OH is 2. The van der Waals surface area contributed by atoms with Crippen molar-refractivity contribution in [2.45, 2.75) is 31.5 Å². The van der Waals surface area contributed by atoms with Crippen molar-refractivity contribution in [1.29, 1.82) is 0 Å². The number of amides is 2. The Hall–Kier alpha value is -3.31. The third kappa shape index (κ3) is 4.88. The molecule has 2 aliphatic rings. The Morgan fingerprint density at radius 1 is 1.30 bits per heavy atom. The molecule has 1 fully saturated rings. The number of carbonyl (C=O) groups excluding carboxylic acids is 2. The van der Waals surface area contributed by atoms with Crippen LogP contribution in [0.25, 0.3) is 5.57 Å². The third-order valence-electron chi connectivity index (χ3n) is 5.73. The van der Waals surface area contributed by atoms with Gasteiger partial charge < -0.3 is 24.4 Å². The van der Waals surface area contributed by atoms with Crippen molar-refractivity contribution in [3.8, 4) is 0 Å². The second kappa shape index (κ2) is 9.67. The first-order valence-electron chi connectivity index (χ1n) is 10.5. The van der Waals surface area contributed by atoms with Gasteiger partial charge in [-0.25, -0.2) is 13.6 Å². The van der Waals surface area contributed by atoms with Crippen molar-refractivity contribution in [2.75, 3.05) is 31.1 Å². The van der Waals surface area contributed by atoms with Gasteiger partial charge in [0.2, 0.25) is 0 Å². The van der Waals surface area contributed by atoms with E-state index in [1.807, 2.05) is 0 Å². The molecule has 1 saturated heterocycles. The van der Waals surface area contributed by atoms with Crippen LogP contribution < -0.4 is 4.90 Å². The number of cyclic esters (lactones) is 1. The maximum absolute atomic E-state index is 14.9. The lowest BCUT2D eigenvalue weighted by Crippen LogP contribution is -2.42. The summed E-state index contributed by atoms with van der Waals surface area (Å²) in [5.41, 5.74) is 0.942. The summed E-state index contributed by atoms with van der Waals surface area (Å²) in [7, 11) is 0. The zero-order valence-corrected chi connectivity index (χ0v) is 17.6. The molecular weight excluding hydrogens is 440 g/mol. The highest BCUT2D eigenvalue weighted by Gasteiger charge is 2.34. The number of rotatable bonds is 7. The maximum atomic E-state index is 14.9. The summed E-state index contributed by atoms with van der Waals surface area (Å²) in [4.78, 5) is 26.7. The quantitative estimate of drug-likeness (QED) is 0.644. The Kier molecular flexibility index (Phi) is 6.70. The molecule has 2 atom stereocenters. The van der Waals surface area contributed by atoms with Crippen LogP contribution in [0.1, 0.15) is 24.1 Å². The van der Waals surface area contributed by atoms with Crippen LogP contribution in [-0.4, -0.2) is 70.7 Å². The monoisotopic (exact) mass is 463 g/mol. The van der Waals surface area contributed by atoms with E-state index in [-0.39, 0.29) is 37.3 Å². The number of aromatic nitrogens is 1. The van der Waals surface area contributed by atoms with Gasteiger partial charge in [-0.3, -0.25) is 9.69 Å². The van der Waals surface area contributed by atoms with Crippen LogP contribution in [0.15, 0.2) is 35.1 Å². The molecule has 11 heteroatoms. The van der Waals surface area contributed by atoms with Crippen molar-refractivity contribution in [1.82, 2.24) is 10.1 Å². The Bertz CT molecular complexity index is 1040. The van der Waals surface area contributed by atoms with E-state index in [9.17, 15) is 23.5 Å². The minimum Gasteiger partial charge on any atom is -0.444 e. The second-order valence-electron chi connectivity index (χ2n) is 7.89. The number of anilines is 1. The summed E-state index contributed by atoms with van der Waals surface area (Å²) < 4.78 is 39.9. The van der Waals surface area contributed by atoms with Gasteiger partial charge in [-0.2, -0.15) is 0 Å². The topological polar surface area (TPSA) is 116 Å². The van der Waals surface area contributed by atoms with E-state index in [2.05, 4.69) is 5.16 Å². The first-order valence-corrected chi connectivity index (χ1v) is 10.5. The molecule has 2 N–H and O–H groups in total. The summed E-state index contributed by atoms with van der Waals surface area (Å²) in [6, 6.07) is 3.89. The summed E-state index contributed by atoms with van der Waals surface area (Å²) >= 11 is 0. The van der Waals surface area contributed by atoms with E-state index in [1.165, 1.54) is 22.1 Å². The molecule has 3 heterocycles. The Balaban J connectivity index is 1.45. The van der Waals surface area contributed by atoms with Crippen LogP contribution in [-0.2, 0) is 16.0 Å². The van der Waals surface area contributed by atoms with Crippen LogP contribution >= 0.6 is 0 Å². The molecule has 0 spiro atoms. The van der Waals surface area contributed by atoms with E-state index in [1.54, 1.807) is 6.07 Å². The number of aryl methyl sites for hydroxylation is 1. The summed E-state index contributed by atoms with van der Waals surface area (Å²) in [5.74, 6) is -2.30. The number of benzene rings is 1. The Morgan fingerprint density at radius 3 is 2.67 bits per heavy atom. The van der Waals surface area contributed by atoms with Crippen LogP contribution in [0.5, 0.6) is 0 Å². The van der Waals surface area contributed by atoms with Crippen LogP contribution in [0, 0.1) is 11.6 Å². The molecule has 2 amide bonds. The predicted molar refractivity (Wildman–Crippen MR) is 111 cm³/mol. The van der Waals surface area contributed by atoms with Gasteiger partial charge in [0.15, 0.2) is 6.10 Å². The fourth-order valence-corrected chi connectivity index (χ4v) is 3.97. The Labute approximate surface area is 187 Å². The van der Waals surface area contributed by atoms with Crippen molar-refractivity contribution < 1.29 is 37.8 Å². The first-order chi connectivity index (χ1) is 15.9. The molecular formula is C22H23F2N3O6. The fraction of sp³-hybridized carbons (Fsp3) is 0.409. The number of hydrogen-bond acceptors (Lipinski definition) is 7.